The van der Waals surface area contributed by atoms with Crippen LogP contribution in [0.3, 0.4) is 0 Å². The number of H-pyrrole nitrogens is 2. The molecule has 0 aromatic carbocycles. The Balaban J connectivity index is 1.01. The lowest BCUT2D eigenvalue weighted by Crippen LogP contribution is -2.33. The molecule has 4 heterocycles. The van der Waals surface area contributed by atoms with Gasteiger partial charge in [-0.25, -0.2) is 64.4 Å². The Bertz CT molecular complexity index is 3980. The number of carbonyl (C=O) groups excluding carboxylic acids is 2. The summed E-state index contributed by atoms with van der Waals surface area (Å²) in [5, 5.41) is 25.9. The van der Waals surface area contributed by atoms with E-state index >= 15 is 0 Å². The van der Waals surface area contributed by atoms with Crippen molar-refractivity contribution in [2.45, 2.75) is 148 Å². The zero-order valence-electron chi connectivity index (χ0n) is 54.7. The summed E-state index contributed by atoms with van der Waals surface area (Å²) in [7, 11) is -74.9. The summed E-state index contributed by atoms with van der Waals surface area (Å²) in [6.07, 6.45) is -4.49. The van der Waals surface area contributed by atoms with E-state index in [1.165, 1.54) is 13.8 Å². The van der Waals surface area contributed by atoms with Crippen molar-refractivity contribution in [1.29, 1.82) is 0 Å². The number of amides is 2. The van der Waals surface area contributed by atoms with Crippen molar-refractivity contribution < 1.29 is 204 Å². The Hall–Kier alpha value is -2.14. The standard InChI is InChI=1S/C40H76N6O48P12/c1-26(12-14-33(49)41-16-8-4-6-10-18-79-95(55,56)85-99(63,64)89-103(71,72)93-105(75,76)91-101(67,68)87-97(59,60)81-24-31-29(47)20-35(83-31)45-22-27(2)37(51)43-39(45)53)13-15-34(50)42-17-9-5-7-11-19-80-96(57,58)86-100(65,66)90-104(73,74)94-106(77,78)92-102(69,70)88-98(61,62)82-25-32-30(48)21-36(84-32)46-23-28(3)38(52)44-40(46)54/h22-23,26,29-32,35-36,47-48H,4-21,24-25H2,1-3H3,(H,41,49)(H,42,50)(H,55,56)(H,57,58)(H,59,60)(H,61,62)(H,63,64)(H,65,66)(H,67,68)(H,69,70)(H,71,72)(H,73,74)(H,75,76)(H,77,78)(H,43,51,53)(H,44,52,54)/t26?,29-,30?,31-,32-,35-,36-/m1/s1. The van der Waals surface area contributed by atoms with Crippen molar-refractivity contribution in [1.82, 2.24) is 29.7 Å². The zero-order valence-corrected chi connectivity index (χ0v) is 65.5. The minimum Gasteiger partial charge on any atom is -0.390 e. The van der Waals surface area contributed by atoms with Gasteiger partial charge in [0, 0.05) is 62.3 Å². The molecule has 0 aliphatic carbocycles. The van der Waals surface area contributed by atoms with Gasteiger partial charge in [0.25, 0.3) is 11.1 Å². The first-order chi connectivity index (χ1) is 48.3. The van der Waals surface area contributed by atoms with Gasteiger partial charge in [-0.1, -0.05) is 32.6 Å². The lowest BCUT2D eigenvalue weighted by Gasteiger charge is -2.21. The largest absolute Gasteiger partial charge is 0.490 e. The number of carbonyl (C=O) groups is 2. The van der Waals surface area contributed by atoms with Crippen LogP contribution in [0, 0.1) is 19.8 Å². The van der Waals surface area contributed by atoms with Crippen molar-refractivity contribution in [3.05, 3.63) is 65.2 Å². The summed E-state index contributed by atoms with van der Waals surface area (Å²) < 4.78 is 215. The van der Waals surface area contributed by atoms with Crippen LogP contribution in [0.1, 0.15) is 120 Å². The third-order valence-electron chi connectivity index (χ3n) is 13.2. The number of ether oxygens (including phenoxy) is 2. The minimum atomic E-state index is -6.57. The molecule has 614 valence electrons. The molecule has 106 heavy (non-hydrogen) atoms. The fourth-order valence-electron chi connectivity index (χ4n) is 8.58. The van der Waals surface area contributed by atoms with Crippen LogP contribution in [0.2, 0.25) is 0 Å². The monoisotopic (exact) mass is 1780 g/mol. The average molecular weight is 1780 g/mol. The average Bonchev–Trinajstić information content (AvgIpc) is 1.53. The number of aryl methyl sites for hydroxylation is 2. The number of aromatic nitrogens is 4. The maximum atomic E-state index is 12.4. The fourth-order valence-corrected chi connectivity index (χ4v) is 24.3. The van der Waals surface area contributed by atoms with Crippen LogP contribution < -0.4 is 33.1 Å². The molecule has 2 saturated heterocycles. The maximum absolute atomic E-state index is 12.4. The number of nitrogens with one attached hydrogen (secondary N) is 4. The predicted octanol–water partition coefficient (Wildman–Crippen LogP) is 2.99. The second-order valence-corrected chi connectivity index (χ2v) is 41.0. The molecular weight excluding hydrogens is 1700 g/mol. The Labute approximate surface area is 595 Å². The summed E-state index contributed by atoms with van der Waals surface area (Å²) in [4.78, 5) is 194. The van der Waals surface area contributed by atoms with E-state index in [1.54, 1.807) is 6.92 Å². The van der Waals surface area contributed by atoms with Gasteiger partial charge in [0.2, 0.25) is 11.8 Å². The molecule has 2 aromatic heterocycles. The van der Waals surface area contributed by atoms with Crippen LogP contribution in [-0.2, 0) is 135 Å². The summed E-state index contributed by atoms with van der Waals surface area (Å²) in [6, 6.07) is 0. The van der Waals surface area contributed by atoms with E-state index in [1.807, 2.05) is 9.97 Å². The zero-order chi connectivity index (χ0) is 80.5. The topological polar surface area (TPSA) is 804 Å². The number of rotatable bonds is 50. The van der Waals surface area contributed by atoms with E-state index in [0.717, 1.165) is 21.5 Å². The quantitative estimate of drug-likeness (QED) is 0.0334. The molecule has 2 aliphatic heterocycles. The van der Waals surface area contributed by atoms with Gasteiger partial charge >= 0.3 is 105 Å². The van der Waals surface area contributed by atoms with E-state index in [0.29, 0.717) is 38.5 Å². The number of nitrogens with zero attached hydrogens (tertiary/aromatic N) is 2. The molecule has 54 nitrogen and oxygen atoms in total. The molecule has 2 fully saturated rings. The predicted molar refractivity (Wildman–Crippen MR) is 344 cm³/mol. The van der Waals surface area contributed by atoms with Gasteiger partial charge in [-0.3, -0.25) is 56.4 Å². The van der Waals surface area contributed by atoms with Crippen LogP contribution in [0.15, 0.2) is 31.6 Å². The Kier molecular flexibility index (Phi) is 36.5. The Morgan fingerprint density at radius 1 is 0.434 bits per heavy atom. The number of hydrogen-bond donors (Lipinski definition) is 18. The molecular formula is C40H76N6O48P12. The third-order valence-corrected chi connectivity index (χ3v) is 31.7. The number of phosphoric acid groups is 12. The first-order valence-corrected chi connectivity index (χ1v) is 47.7. The summed E-state index contributed by atoms with van der Waals surface area (Å²) >= 11 is 0. The Morgan fingerprint density at radius 2 is 0.689 bits per heavy atom. The number of aliphatic hydroxyl groups is 2. The van der Waals surface area contributed by atoms with Crippen LogP contribution in [0.4, 0.5) is 0 Å². The maximum Gasteiger partial charge on any atom is 0.490 e. The van der Waals surface area contributed by atoms with Gasteiger partial charge < -0.3 is 89.0 Å². The first kappa shape index (κ1) is 96.2. The van der Waals surface area contributed by atoms with Crippen molar-refractivity contribution in [2.24, 2.45) is 5.92 Å². The van der Waals surface area contributed by atoms with Gasteiger partial charge in [0.1, 0.15) is 24.7 Å². The second-order valence-electron chi connectivity index (χ2n) is 22.2. The minimum absolute atomic E-state index is 0.0357. The molecule has 14 unspecified atom stereocenters. The van der Waals surface area contributed by atoms with Gasteiger partial charge in [0.15, 0.2) is 0 Å². The van der Waals surface area contributed by atoms with Crippen LogP contribution in [-0.4, -0.2) is 164 Å². The van der Waals surface area contributed by atoms with E-state index in [9.17, 15) is 152 Å². The van der Waals surface area contributed by atoms with Crippen molar-refractivity contribution in [3.63, 3.8) is 0 Å². The van der Waals surface area contributed by atoms with E-state index < -0.39 is 180 Å². The number of aliphatic hydroxyl groups excluding tert-OH is 2. The van der Waals surface area contributed by atoms with Crippen molar-refractivity contribution in [2.75, 3.05) is 39.5 Å². The van der Waals surface area contributed by atoms with Gasteiger partial charge in [-0.15, -0.1) is 0 Å². The van der Waals surface area contributed by atoms with Crippen molar-refractivity contribution in [3.8, 4) is 0 Å². The van der Waals surface area contributed by atoms with Crippen LogP contribution >= 0.6 is 93.9 Å². The molecule has 0 bridgehead atoms. The first-order valence-electron chi connectivity index (χ1n) is 29.8. The molecule has 4 rings (SSSR count). The Morgan fingerprint density at radius 3 is 0.972 bits per heavy atom. The van der Waals surface area contributed by atoms with Crippen molar-refractivity contribution >= 4 is 106 Å². The lowest BCUT2D eigenvalue weighted by molar-refractivity contribution is -0.121. The number of unbranched alkanes of at least 4 members (excludes halogenated alkanes) is 6. The highest BCUT2D eigenvalue weighted by molar-refractivity contribution is 7.73. The SMILES string of the molecule is Cc1cn([C@H]2CC(O)[C@@H](COP(=O)(O)OP(=O)(O)OP(=O)(O)OP(=O)(O)OP(=O)(O)OP(=O)(O)OCCCCCCNC(=O)CCC(C)CCC(=O)NCCCCCCOP(=O)(O)OP(=O)(O)OP(=O)(O)OP(=O)(O)OP(=O)(O)OP(=O)(O)OC[C@H]3O[C@@H](n4cc(C)c(=O)[nH]c4=O)C[C@H]3O)O2)c(=O)[nH]c1=O. The summed E-state index contributed by atoms with van der Waals surface area (Å²) in [5.74, 6) is -0.757. The van der Waals surface area contributed by atoms with Crippen LogP contribution in [0.5, 0.6) is 0 Å². The molecule has 2 aliphatic rings. The van der Waals surface area contributed by atoms with Crippen LogP contribution in [0.25, 0.3) is 0 Å². The highest BCUT2D eigenvalue weighted by Gasteiger charge is 2.52. The molecule has 2 amide bonds. The van der Waals surface area contributed by atoms with Gasteiger partial charge in [-0.2, -0.15) is 43.1 Å². The summed E-state index contributed by atoms with van der Waals surface area (Å²) in [6.45, 7) is 1.17. The molecule has 18 N–H and O–H groups in total. The van der Waals surface area contributed by atoms with Gasteiger partial charge in [-0.05, 0) is 58.3 Å². The highest BCUT2D eigenvalue weighted by Crippen LogP contribution is 2.77. The van der Waals surface area contributed by atoms with E-state index in [-0.39, 0.29) is 93.3 Å². The lowest BCUT2D eigenvalue weighted by atomic mass is 9.99. The molecule has 2 aromatic rings. The van der Waals surface area contributed by atoms with E-state index in [4.69, 9.17) is 9.47 Å². The highest BCUT2D eigenvalue weighted by atomic mass is 31.3. The molecule has 66 heteroatoms. The second kappa shape index (κ2) is 40.2. The van der Waals surface area contributed by atoms with E-state index in [2.05, 4.69) is 71.8 Å². The number of phosphoric ester groups is 4. The number of aromatic amines is 2. The molecule has 0 radical (unpaired) electrons. The summed E-state index contributed by atoms with van der Waals surface area (Å²) in [5.41, 5.74) is -3.31. The normalized spacial score (nSPS) is 25.0. The number of hydrogen-bond acceptors (Lipinski definition) is 36. The molecule has 0 spiro atoms. The smallest absolute Gasteiger partial charge is 0.390 e. The molecule has 0 saturated carbocycles. The molecule has 19 atom stereocenters. The fraction of sp³-hybridized carbons (Fsp3) is 0.750. The third kappa shape index (κ3) is 36.8. The van der Waals surface area contributed by atoms with Gasteiger partial charge in [0.05, 0.1) is 38.6 Å².